The molecule has 0 radical (unpaired) electrons. The molecule has 0 spiro atoms. The fourth-order valence-electron chi connectivity index (χ4n) is 2.07. The van der Waals surface area contributed by atoms with Crippen molar-refractivity contribution in [2.75, 3.05) is 12.3 Å². The molecule has 2 aromatic rings. The first kappa shape index (κ1) is 10.3. The molecule has 17 heavy (non-hydrogen) atoms. The van der Waals surface area contributed by atoms with Gasteiger partial charge in [-0.15, -0.1) is 10.2 Å². The highest BCUT2D eigenvalue weighted by Gasteiger charge is 2.18. The molecule has 0 saturated carbocycles. The van der Waals surface area contributed by atoms with Crippen molar-refractivity contribution < 1.29 is 4.74 Å². The Bertz CT molecular complexity index is 562. The average Bonchev–Trinajstić information content (AvgIpc) is 2.77. The van der Waals surface area contributed by atoms with Gasteiger partial charge in [0.15, 0.2) is 11.6 Å². The minimum absolute atomic E-state index is 0.527. The van der Waals surface area contributed by atoms with Gasteiger partial charge >= 0.3 is 0 Å². The van der Waals surface area contributed by atoms with Crippen molar-refractivity contribution in [3.05, 3.63) is 29.6 Å². The SMILES string of the molecule is Cc1cccc(-c2nnc3n2CCOC3)c1N. The number of rotatable bonds is 1. The zero-order valence-electron chi connectivity index (χ0n) is 9.68. The van der Waals surface area contributed by atoms with Crippen LogP contribution >= 0.6 is 0 Å². The van der Waals surface area contributed by atoms with Crippen molar-refractivity contribution in [3.8, 4) is 11.4 Å². The van der Waals surface area contributed by atoms with E-state index in [1.54, 1.807) is 0 Å². The molecule has 2 heterocycles. The molecule has 0 bridgehead atoms. The Labute approximate surface area is 99.2 Å². The van der Waals surface area contributed by atoms with Crippen LogP contribution < -0.4 is 5.73 Å². The summed E-state index contributed by atoms with van der Waals surface area (Å²) < 4.78 is 7.42. The molecule has 1 aromatic carbocycles. The molecule has 0 unspecified atom stereocenters. The number of aromatic nitrogens is 3. The van der Waals surface area contributed by atoms with Gasteiger partial charge in [-0.3, -0.25) is 0 Å². The average molecular weight is 230 g/mol. The molecule has 5 heteroatoms. The summed E-state index contributed by atoms with van der Waals surface area (Å²) in [7, 11) is 0. The second-order valence-electron chi connectivity index (χ2n) is 4.18. The highest BCUT2D eigenvalue weighted by atomic mass is 16.5. The van der Waals surface area contributed by atoms with E-state index in [-0.39, 0.29) is 0 Å². The van der Waals surface area contributed by atoms with E-state index >= 15 is 0 Å². The van der Waals surface area contributed by atoms with Gasteiger partial charge in [0, 0.05) is 17.8 Å². The van der Waals surface area contributed by atoms with Crippen molar-refractivity contribution in [2.24, 2.45) is 0 Å². The molecule has 0 amide bonds. The van der Waals surface area contributed by atoms with E-state index in [9.17, 15) is 0 Å². The molecular weight excluding hydrogens is 216 g/mol. The van der Waals surface area contributed by atoms with Crippen LogP contribution in [0.25, 0.3) is 11.4 Å². The van der Waals surface area contributed by atoms with E-state index in [0.717, 1.165) is 35.0 Å². The summed E-state index contributed by atoms with van der Waals surface area (Å²) in [4.78, 5) is 0. The van der Waals surface area contributed by atoms with Gasteiger partial charge < -0.3 is 15.0 Å². The molecule has 0 atom stereocenters. The van der Waals surface area contributed by atoms with Crippen LogP contribution in [-0.2, 0) is 17.9 Å². The Morgan fingerprint density at radius 3 is 3.12 bits per heavy atom. The number of nitrogen functional groups attached to an aromatic ring is 1. The van der Waals surface area contributed by atoms with Crippen LogP contribution in [-0.4, -0.2) is 21.4 Å². The van der Waals surface area contributed by atoms with Gasteiger partial charge in [0.05, 0.1) is 6.61 Å². The van der Waals surface area contributed by atoms with E-state index in [4.69, 9.17) is 10.5 Å². The highest BCUT2D eigenvalue weighted by Crippen LogP contribution is 2.28. The van der Waals surface area contributed by atoms with Crippen LogP contribution in [0.2, 0.25) is 0 Å². The topological polar surface area (TPSA) is 66.0 Å². The highest BCUT2D eigenvalue weighted by molar-refractivity contribution is 5.74. The van der Waals surface area contributed by atoms with Gasteiger partial charge in [-0.2, -0.15) is 0 Å². The zero-order chi connectivity index (χ0) is 11.8. The number of fused-ring (bicyclic) bond motifs is 1. The number of nitrogens with zero attached hydrogens (tertiary/aromatic N) is 3. The summed E-state index contributed by atoms with van der Waals surface area (Å²) in [5.41, 5.74) is 8.88. The molecule has 1 aliphatic rings. The van der Waals surface area contributed by atoms with Crippen LogP contribution in [0.1, 0.15) is 11.4 Å². The van der Waals surface area contributed by atoms with Crippen LogP contribution in [0, 0.1) is 6.92 Å². The van der Waals surface area contributed by atoms with E-state index in [1.807, 2.05) is 25.1 Å². The van der Waals surface area contributed by atoms with Crippen molar-refractivity contribution in [3.63, 3.8) is 0 Å². The molecule has 0 fully saturated rings. The fraction of sp³-hybridized carbons (Fsp3) is 0.333. The predicted octanol–water partition coefficient (Wildman–Crippen LogP) is 1.37. The van der Waals surface area contributed by atoms with Gasteiger partial charge in [-0.05, 0) is 18.6 Å². The Kier molecular flexibility index (Phi) is 2.33. The van der Waals surface area contributed by atoms with E-state index in [1.165, 1.54) is 0 Å². The smallest absolute Gasteiger partial charge is 0.166 e. The number of hydrogen-bond donors (Lipinski definition) is 1. The van der Waals surface area contributed by atoms with E-state index < -0.39 is 0 Å². The molecule has 0 aliphatic carbocycles. The quantitative estimate of drug-likeness (QED) is 0.751. The van der Waals surface area contributed by atoms with Gasteiger partial charge in [0.25, 0.3) is 0 Å². The Morgan fingerprint density at radius 1 is 1.35 bits per heavy atom. The molecule has 3 rings (SSSR count). The Morgan fingerprint density at radius 2 is 2.24 bits per heavy atom. The standard InChI is InChI=1S/C12H14N4O/c1-8-3-2-4-9(11(8)13)12-15-14-10-7-17-6-5-16(10)12/h2-4H,5-7,13H2,1H3. The lowest BCUT2D eigenvalue weighted by Crippen LogP contribution is -2.17. The molecule has 88 valence electrons. The van der Waals surface area contributed by atoms with Crippen LogP contribution in [0.15, 0.2) is 18.2 Å². The molecule has 1 aromatic heterocycles. The second-order valence-corrected chi connectivity index (χ2v) is 4.18. The maximum absolute atomic E-state index is 6.09. The Balaban J connectivity index is 2.15. The largest absolute Gasteiger partial charge is 0.398 e. The maximum Gasteiger partial charge on any atom is 0.166 e. The third-order valence-corrected chi connectivity index (χ3v) is 3.08. The number of nitrogens with two attached hydrogens (primary N) is 1. The first-order chi connectivity index (χ1) is 8.27. The first-order valence-corrected chi connectivity index (χ1v) is 5.62. The summed E-state index contributed by atoms with van der Waals surface area (Å²) in [6, 6.07) is 5.96. The maximum atomic E-state index is 6.09. The molecule has 0 saturated heterocycles. The van der Waals surface area contributed by atoms with Crippen molar-refractivity contribution in [2.45, 2.75) is 20.1 Å². The second kappa shape index (κ2) is 3.85. The third kappa shape index (κ3) is 1.59. The van der Waals surface area contributed by atoms with Gasteiger partial charge in [0.2, 0.25) is 0 Å². The number of benzene rings is 1. The predicted molar refractivity (Wildman–Crippen MR) is 64.3 cm³/mol. The number of ether oxygens (including phenoxy) is 1. The number of aryl methyl sites for hydroxylation is 1. The minimum atomic E-state index is 0.527. The van der Waals surface area contributed by atoms with Gasteiger partial charge in [-0.25, -0.2) is 0 Å². The third-order valence-electron chi connectivity index (χ3n) is 3.08. The molecule has 1 aliphatic heterocycles. The minimum Gasteiger partial charge on any atom is -0.398 e. The normalized spacial score (nSPS) is 14.6. The van der Waals surface area contributed by atoms with Crippen LogP contribution in [0.3, 0.4) is 0 Å². The summed E-state index contributed by atoms with van der Waals surface area (Å²) in [6.07, 6.45) is 0. The number of anilines is 1. The first-order valence-electron chi connectivity index (χ1n) is 5.62. The summed E-state index contributed by atoms with van der Waals surface area (Å²) in [6.45, 7) is 4.00. The fourth-order valence-corrected chi connectivity index (χ4v) is 2.07. The lowest BCUT2D eigenvalue weighted by molar-refractivity contribution is 0.0821. The molecule has 2 N–H and O–H groups in total. The lowest BCUT2D eigenvalue weighted by Gasteiger charge is -2.16. The lowest BCUT2D eigenvalue weighted by atomic mass is 10.1. The summed E-state index contributed by atoms with van der Waals surface area (Å²) >= 11 is 0. The van der Waals surface area contributed by atoms with Gasteiger partial charge in [0.1, 0.15) is 6.61 Å². The molecular formula is C12H14N4O. The van der Waals surface area contributed by atoms with E-state index in [0.29, 0.717) is 13.2 Å². The van der Waals surface area contributed by atoms with E-state index in [2.05, 4.69) is 14.8 Å². The van der Waals surface area contributed by atoms with Crippen molar-refractivity contribution >= 4 is 5.69 Å². The van der Waals surface area contributed by atoms with Crippen LogP contribution in [0.4, 0.5) is 5.69 Å². The molecule has 5 nitrogen and oxygen atoms in total. The Hall–Kier alpha value is -1.88. The van der Waals surface area contributed by atoms with Crippen LogP contribution in [0.5, 0.6) is 0 Å². The number of hydrogen-bond acceptors (Lipinski definition) is 4. The van der Waals surface area contributed by atoms with Crippen molar-refractivity contribution in [1.29, 1.82) is 0 Å². The summed E-state index contributed by atoms with van der Waals surface area (Å²) in [5.74, 6) is 1.71. The summed E-state index contributed by atoms with van der Waals surface area (Å²) in [5, 5.41) is 8.36. The number of para-hydroxylation sites is 1. The van der Waals surface area contributed by atoms with Crippen molar-refractivity contribution in [1.82, 2.24) is 14.8 Å². The van der Waals surface area contributed by atoms with Gasteiger partial charge in [-0.1, -0.05) is 12.1 Å². The monoisotopic (exact) mass is 230 g/mol. The zero-order valence-corrected chi connectivity index (χ0v) is 9.68.